The van der Waals surface area contributed by atoms with Gasteiger partial charge in [-0.2, -0.15) is 9.97 Å². The predicted molar refractivity (Wildman–Crippen MR) is 87.3 cm³/mol. The van der Waals surface area contributed by atoms with E-state index in [-0.39, 0.29) is 36.0 Å². The molecular formula is C13H19N7O6. The van der Waals surface area contributed by atoms with E-state index in [1.54, 1.807) is 0 Å². The summed E-state index contributed by atoms with van der Waals surface area (Å²) in [7, 11) is 0. The smallest absolute Gasteiger partial charge is 0.404 e. The minimum atomic E-state index is -1.29. The Labute approximate surface area is 146 Å². The number of nitrogen functional groups attached to an aromatic ring is 1. The maximum Gasteiger partial charge on any atom is 0.404 e. The van der Waals surface area contributed by atoms with Crippen molar-refractivity contribution in [2.24, 2.45) is 0 Å². The Morgan fingerprint density at radius 3 is 2.73 bits per heavy atom. The number of carbonyl (C=O) groups is 1. The third-order valence-corrected chi connectivity index (χ3v) is 3.92. The third kappa shape index (κ3) is 3.32. The summed E-state index contributed by atoms with van der Waals surface area (Å²) in [5, 5.41) is 42.8. The van der Waals surface area contributed by atoms with Crippen LogP contribution in [0.15, 0.2) is 6.33 Å². The highest BCUT2D eigenvalue weighted by Gasteiger charge is 2.44. The van der Waals surface area contributed by atoms with Crippen LogP contribution in [0.3, 0.4) is 0 Å². The van der Waals surface area contributed by atoms with Crippen LogP contribution in [0.25, 0.3) is 11.2 Å². The van der Waals surface area contributed by atoms with E-state index in [0.29, 0.717) is 0 Å². The van der Waals surface area contributed by atoms with Crippen LogP contribution >= 0.6 is 0 Å². The number of carboxylic acid groups (broad SMARTS) is 1. The molecule has 0 saturated carbocycles. The summed E-state index contributed by atoms with van der Waals surface area (Å²) in [6, 6.07) is 0. The molecule has 3 heterocycles. The molecule has 0 spiro atoms. The molecule has 1 saturated heterocycles. The van der Waals surface area contributed by atoms with Gasteiger partial charge in [0.15, 0.2) is 17.7 Å². The van der Waals surface area contributed by atoms with Crippen molar-refractivity contribution in [1.82, 2.24) is 24.8 Å². The molecule has 0 aromatic carbocycles. The third-order valence-electron chi connectivity index (χ3n) is 3.92. The molecule has 142 valence electrons. The molecule has 26 heavy (non-hydrogen) atoms. The van der Waals surface area contributed by atoms with Crippen LogP contribution in [0.1, 0.15) is 6.23 Å². The van der Waals surface area contributed by atoms with Crippen LogP contribution in [0.2, 0.25) is 0 Å². The van der Waals surface area contributed by atoms with Crippen LogP contribution in [-0.4, -0.2) is 84.0 Å². The molecule has 4 atom stereocenters. The molecule has 2 aromatic heterocycles. The number of amides is 1. The average molecular weight is 369 g/mol. The Bertz CT molecular complexity index is 799. The zero-order valence-corrected chi connectivity index (χ0v) is 13.5. The fraction of sp³-hybridized carbons (Fsp3) is 0.538. The largest absolute Gasteiger partial charge is 0.465 e. The summed E-state index contributed by atoms with van der Waals surface area (Å²) >= 11 is 0. The summed E-state index contributed by atoms with van der Waals surface area (Å²) in [6.45, 7) is -0.105. The number of aliphatic hydroxyl groups is 3. The van der Waals surface area contributed by atoms with E-state index in [0.717, 1.165) is 0 Å². The van der Waals surface area contributed by atoms with Crippen molar-refractivity contribution >= 4 is 29.0 Å². The van der Waals surface area contributed by atoms with Gasteiger partial charge in [0.25, 0.3) is 0 Å². The maximum atomic E-state index is 10.4. The number of nitrogens with zero attached hydrogens (tertiary/aromatic N) is 4. The lowest BCUT2D eigenvalue weighted by atomic mass is 10.1. The molecule has 1 fully saturated rings. The number of ether oxygens (including phenoxy) is 1. The first kappa shape index (κ1) is 18.1. The molecule has 1 aliphatic rings. The molecule has 13 nitrogen and oxygen atoms in total. The van der Waals surface area contributed by atoms with Gasteiger partial charge < -0.3 is 41.5 Å². The zero-order valence-electron chi connectivity index (χ0n) is 13.5. The van der Waals surface area contributed by atoms with Gasteiger partial charge in [0.1, 0.15) is 23.8 Å². The first-order valence-corrected chi connectivity index (χ1v) is 7.75. The van der Waals surface area contributed by atoms with Gasteiger partial charge in [-0.05, 0) is 0 Å². The standard InChI is InChI=1S/C13H19N7O6/c14-9-6-10(19-12(18-9)15-1-2-16-13(24)25)20(4-17-6)11-8(23)7(22)5(3-21)26-11/h4-5,7-8,11,16,21-23H,1-3H2,(H,24,25)(H3,14,15,18,19)/t5-,7-,8-,11-/m1/s1. The first-order valence-electron chi connectivity index (χ1n) is 7.75. The first-order chi connectivity index (χ1) is 12.4. The van der Waals surface area contributed by atoms with E-state index in [4.69, 9.17) is 15.6 Å². The molecule has 2 aromatic rings. The summed E-state index contributed by atoms with van der Waals surface area (Å²) < 4.78 is 6.85. The van der Waals surface area contributed by atoms with Gasteiger partial charge in [0.2, 0.25) is 5.95 Å². The zero-order chi connectivity index (χ0) is 18.8. The lowest BCUT2D eigenvalue weighted by molar-refractivity contribution is -0.0511. The van der Waals surface area contributed by atoms with E-state index in [1.807, 2.05) is 0 Å². The molecule has 0 unspecified atom stereocenters. The minimum absolute atomic E-state index is 0.0780. The molecular weight excluding hydrogens is 350 g/mol. The molecule has 3 rings (SSSR count). The minimum Gasteiger partial charge on any atom is -0.465 e. The Morgan fingerprint density at radius 2 is 2.08 bits per heavy atom. The van der Waals surface area contributed by atoms with Crippen LogP contribution in [0, 0.1) is 0 Å². The Kier molecular flexibility index (Phi) is 5.03. The number of aromatic nitrogens is 4. The van der Waals surface area contributed by atoms with Crippen LogP contribution in [0.4, 0.5) is 16.6 Å². The van der Waals surface area contributed by atoms with E-state index >= 15 is 0 Å². The fourth-order valence-corrected chi connectivity index (χ4v) is 2.66. The Balaban J connectivity index is 1.85. The fourth-order valence-electron chi connectivity index (χ4n) is 2.66. The van der Waals surface area contributed by atoms with Crippen molar-refractivity contribution in [2.45, 2.75) is 24.5 Å². The average Bonchev–Trinajstić information content (AvgIpc) is 3.14. The number of hydrogen-bond donors (Lipinski definition) is 7. The van der Waals surface area contributed by atoms with Gasteiger partial charge >= 0.3 is 6.09 Å². The molecule has 13 heteroatoms. The quantitative estimate of drug-likeness (QED) is 0.270. The highest BCUT2D eigenvalue weighted by molar-refractivity contribution is 5.83. The summed E-state index contributed by atoms with van der Waals surface area (Å²) in [5.41, 5.74) is 6.39. The number of nitrogens with two attached hydrogens (primary N) is 1. The van der Waals surface area contributed by atoms with E-state index in [9.17, 15) is 20.1 Å². The SMILES string of the molecule is Nc1nc(NCCNC(=O)O)nc2c1ncn2[C@@H]1O[C@H](CO)[C@@H](O)[C@H]1O. The Hall–Kier alpha value is -2.74. The highest BCUT2D eigenvalue weighted by atomic mass is 16.6. The van der Waals surface area contributed by atoms with E-state index in [2.05, 4.69) is 25.6 Å². The molecule has 1 aliphatic heterocycles. The monoisotopic (exact) mass is 369 g/mol. The number of nitrogens with one attached hydrogen (secondary N) is 2. The lowest BCUT2D eigenvalue weighted by Crippen LogP contribution is -2.33. The molecule has 0 aliphatic carbocycles. The van der Waals surface area contributed by atoms with Crippen molar-refractivity contribution in [3.8, 4) is 0 Å². The lowest BCUT2D eigenvalue weighted by Gasteiger charge is -2.16. The number of rotatable bonds is 6. The second-order valence-electron chi connectivity index (χ2n) is 5.64. The van der Waals surface area contributed by atoms with Gasteiger partial charge in [0.05, 0.1) is 12.9 Å². The number of fused-ring (bicyclic) bond motifs is 1. The summed E-state index contributed by atoms with van der Waals surface area (Å²) in [4.78, 5) is 22.8. The second-order valence-corrected chi connectivity index (χ2v) is 5.64. The molecule has 1 amide bonds. The van der Waals surface area contributed by atoms with Crippen molar-refractivity contribution in [3.05, 3.63) is 6.33 Å². The van der Waals surface area contributed by atoms with Crippen molar-refractivity contribution in [3.63, 3.8) is 0 Å². The van der Waals surface area contributed by atoms with Gasteiger partial charge in [-0.3, -0.25) is 4.57 Å². The number of imidazole rings is 1. The number of hydrogen-bond acceptors (Lipinski definition) is 10. The van der Waals surface area contributed by atoms with Gasteiger partial charge in [-0.25, -0.2) is 9.78 Å². The maximum absolute atomic E-state index is 10.4. The highest BCUT2D eigenvalue weighted by Crippen LogP contribution is 2.32. The van der Waals surface area contributed by atoms with Gasteiger partial charge in [-0.1, -0.05) is 0 Å². The van der Waals surface area contributed by atoms with Crippen LogP contribution in [0.5, 0.6) is 0 Å². The normalized spacial score (nSPS) is 25.5. The molecule has 8 N–H and O–H groups in total. The van der Waals surface area contributed by atoms with Crippen molar-refractivity contribution in [2.75, 3.05) is 30.7 Å². The van der Waals surface area contributed by atoms with Gasteiger partial charge in [-0.15, -0.1) is 0 Å². The molecule has 0 bridgehead atoms. The van der Waals surface area contributed by atoms with E-state index in [1.165, 1.54) is 10.9 Å². The van der Waals surface area contributed by atoms with Gasteiger partial charge in [0, 0.05) is 13.1 Å². The second kappa shape index (κ2) is 7.25. The summed E-state index contributed by atoms with van der Waals surface area (Å²) in [5.74, 6) is 0.213. The van der Waals surface area contributed by atoms with Crippen LogP contribution < -0.4 is 16.4 Å². The molecule has 0 radical (unpaired) electrons. The Morgan fingerprint density at radius 1 is 1.31 bits per heavy atom. The van der Waals surface area contributed by atoms with E-state index < -0.39 is 37.2 Å². The van der Waals surface area contributed by atoms with Crippen LogP contribution in [-0.2, 0) is 4.74 Å². The summed E-state index contributed by atoms with van der Waals surface area (Å²) in [6.07, 6.45) is -4.32. The predicted octanol–water partition coefficient (Wildman–Crippen LogP) is -2.30. The topological polar surface area (TPSA) is 201 Å². The number of aliphatic hydroxyl groups excluding tert-OH is 3. The van der Waals surface area contributed by atoms with Crippen molar-refractivity contribution in [1.29, 1.82) is 0 Å². The van der Waals surface area contributed by atoms with Crippen molar-refractivity contribution < 1.29 is 30.0 Å². The number of anilines is 2.